The maximum Gasteiger partial charge on any atom is 0.195 e. The van der Waals surface area contributed by atoms with E-state index in [1.807, 2.05) is 11.3 Å². The summed E-state index contributed by atoms with van der Waals surface area (Å²) in [5.74, 6) is 1.02. The zero-order chi connectivity index (χ0) is 12.6. The van der Waals surface area contributed by atoms with Gasteiger partial charge in [-0.2, -0.15) is 5.10 Å². The highest BCUT2D eigenvalue weighted by Gasteiger charge is 2.16. The van der Waals surface area contributed by atoms with Crippen molar-refractivity contribution in [2.45, 2.75) is 40.2 Å². The van der Waals surface area contributed by atoms with Crippen LogP contribution >= 0.6 is 23.6 Å². The molecule has 2 aromatic heterocycles. The van der Waals surface area contributed by atoms with Crippen LogP contribution in [0.4, 0.5) is 0 Å². The highest BCUT2D eigenvalue weighted by molar-refractivity contribution is 7.71. The Morgan fingerprint density at radius 1 is 1.53 bits per heavy atom. The molecule has 0 radical (unpaired) electrons. The Kier molecular flexibility index (Phi) is 3.49. The molecule has 1 unspecified atom stereocenters. The maximum absolute atomic E-state index is 5.31. The van der Waals surface area contributed by atoms with Crippen molar-refractivity contribution in [3.05, 3.63) is 32.0 Å². The molecule has 0 aliphatic carbocycles. The van der Waals surface area contributed by atoms with Crippen molar-refractivity contribution in [3.63, 3.8) is 0 Å². The van der Waals surface area contributed by atoms with E-state index in [2.05, 4.69) is 48.5 Å². The van der Waals surface area contributed by atoms with Crippen LogP contribution in [0.2, 0.25) is 0 Å². The number of aromatic amines is 1. The van der Waals surface area contributed by atoms with Gasteiger partial charge in [0.25, 0.3) is 0 Å². The Morgan fingerprint density at radius 3 is 2.76 bits per heavy atom. The van der Waals surface area contributed by atoms with Crippen LogP contribution < -0.4 is 0 Å². The van der Waals surface area contributed by atoms with Gasteiger partial charge in [0.15, 0.2) is 4.77 Å². The van der Waals surface area contributed by atoms with Crippen LogP contribution in [0.3, 0.4) is 0 Å². The van der Waals surface area contributed by atoms with Gasteiger partial charge in [0.1, 0.15) is 5.82 Å². The molecule has 0 saturated heterocycles. The van der Waals surface area contributed by atoms with E-state index >= 15 is 0 Å². The molecule has 92 valence electrons. The smallest absolute Gasteiger partial charge is 0.195 e. The first-order chi connectivity index (χ1) is 8.04. The number of nitrogens with one attached hydrogen (secondary N) is 1. The molecule has 3 nitrogen and oxygen atoms in total. The second-order valence-corrected chi connectivity index (χ2v) is 6.06. The molecular weight excluding hydrogens is 250 g/mol. The number of nitrogens with zero attached hydrogens (tertiary/aromatic N) is 2. The predicted octanol–water partition coefficient (Wildman–Crippen LogP) is 3.79. The van der Waals surface area contributed by atoms with Crippen LogP contribution in [0.25, 0.3) is 0 Å². The molecule has 0 bridgehead atoms. The van der Waals surface area contributed by atoms with Crippen molar-refractivity contribution >= 4 is 23.6 Å². The molecule has 2 aromatic rings. The van der Waals surface area contributed by atoms with E-state index < -0.39 is 0 Å². The Hall–Kier alpha value is -0.940. The Labute approximate surface area is 111 Å². The molecule has 0 aromatic carbocycles. The molecule has 2 heterocycles. The lowest BCUT2D eigenvalue weighted by Gasteiger charge is -2.15. The van der Waals surface area contributed by atoms with Crippen molar-refractivity contribution < 1.29 is 0 Å². The number of hydrogen-bond donors (Lipinski definition) is 1. The summed E-state index contributed by atoms with van der Waals surface area (Å²) >= 11 is 7.15. The normalized spacial score (nSPS) is 12.9. The van der Waals surface area contributed by atoms with Crippen molar-refractivity contribution in [2.75, 3.05) is 0 Å². The summed E-state index contributed by atoms with van der Waals surface area (Å²) in [4.78, 5) is 2.71. The molecule has 0 aliphatic heterocycles. The zero-order valence-electron chi connectivity index (χ0n) is 10.6. The highest BCUT2D eigenvalue weighted by Crippen LogP contribution is 2.29. The van der Waals surface area contributed by atoms with E-state index in [1.165, 1.54) is 15.3 Å². The summed E-state index contributed by atoms with van der Waals surface area (Å²) in [6, 6.07) is 2.50. The molecule has 5 heteroatoms. The first-order valence-electron chi connectivity index (χ1n) is 5.77. The Balaban J connectivity index is 2.50. The van der Waals surface area contributed by atoms with Gasteiger partial charge in [-0.25, -0.2) is 0 Å². The lowest BCUT2D eigenvalue weighted by Crippen LogP contribution is -2.10. The van der Waals surface area contributed by atoms with Crippen LogP contribution in [0.5, 0.6) is 0 Å². The third-order valence-corrected chi connectivity index (χ3v) is 4.28. The molecule has 1 atom stereocenters. The van der Waals surface area contributed by atoms with Crippen LogP contribution in [0, 0.1) is 18.6 Å². The number of aromatic nitrogens is 3. The topological polar surface area (TPSA) is 33.6 Å². The average molecular weight is 267 g/mol. The van der Waals surface area contributed by atoms with Crippen LogP contribution in [0.15, 0.2) is 6.07 Å². The maximum atomic E-state index is 5.31. The van der Waals surface area contributed by atoms with Gasteiger partial charge in [-0.05, 0) is 44.6 Å². The summed E-state index contributed by atoms with van der Waals surface area (Å²) < 4.78 is 2.82. The monoisotopic (exact) mass is 267 g/mol. The molecular formula is C12H17N3S2. The predicted molar refractivity (Wildman–Crippen MR) is 74.4 cm³/mol. The fourth-order valence-electron chi connectivity index (χ4n) is 2.19. The van der Waals surface area contributed by atoms with Crippen molar-refractivity contribution in [1.29, 1.82) is 0 Å². The molecule has 0 spiro atoms. The summed E-state index contributed by atoms with van der Waals surface area (Å²) in [7, 11) is 0. The van der Waals surface area contributed by atoms with E-state index in [0.29, 0.717) is 4.77 Å². The number of hydrogen-bond acceptors (Lipinski definition) is 3. The van der Waals surface area contributed by atoms with Crippen LogP contribution in [0.1, 0.15) is 41.0 Å². The van der Waals surface area contributed by atoms with E-state index in [0.717, 1.165) is 12.2 Å². The van der Waals surface area contributed by atoms with E-state index in [-0.39, 0.29) is 6.04 Å². The second-order valence-electron chi connectivity index (χ2n) is 4.21. The SMILES string of the molecule is CCc1n[nH]c(=S)n1C(C)c1cc(C)sc1C. The first-order valence-corrected chi connectivity index (χ1v) is 6.99. The summed E-state index contributed by atoms with van der Waals surface area (Å²) in [6.45, 7) is 8.58. The van der Waals surface area contributed by atoms with Crippen molar-refractivity contribution in [1.82, 2.24) is 14.8 Å². The standard InChI is InChI=1S/C12H17N3S2/c1-5-11-13-14-12(16)15(11)8(3)10-6-7(2)17-9(10)4/h6,8H,5H2,1-4H3,(H,14,16). The van der Waals surface area contributed by atoms with E-state index in [1.54, 1.807) is 0 Å². The van der Waals surface area contributed by atoms with Gasteiger partial charge in [-0.1, -0.05) is 6.92 Å². The number of H-pyrrole nitrogens is 1. The zero-order valence-corrected chi connectivity index (χ0v) is 12.2. The fourth-order valence-corrected chi connectivity index (χ4v) is 3.52. The third-order valence-electron chi connectivity index (χ3n) is 3.01. The van der Waals surface area contributed by atoms with Gasteiger partial charge in [0.2, 0.25) is 0 Å². The molecule has 0 fully saturated rings. The van der Waals surface area contributed by atoms with Crippen molar-refractivity contribution in [3.8, 4) is 0 Å². The van der Waals surface area contributed by atoms with Gasteiger partial charge in [-0.15, -0.1) is 11.3 Å². The summed E-state index contributed by atoms with van der Waals surface area (Å²) in [5, 5.41) is 7.15. The number of rotatable bonds is 3. The minimum Gasteiger partial charge on any atom is -0.297 e. The van der Waals surface area contributed by atoms with Crippen LogP contribution in [-0.4, -0.2) is 14.8 Å². The highest BCUT2D eigenvalue weighted by atomic mass is 32.1. The average Bonchev–Trinajstić information content (AvgIpc) is 2.80. The lowest BCUT2D eigenvalue weighted by atomic mass is 10.1. The third kappa shape index (κ3) is 2.21. The van der Waals surface area contributed by atoms with Gasteiger partial charge >= 0.3 is 0 Å². The minimum absolute atomic E-state index is 0.251. The number of aryl methyl sites for hydroxylation is 3. The molecule has 1 N–H and O–H groups in total. The fraction of sp³-hybridized carbons (Fsp3) is 0.500. The van der Waals surface area contributed by atoms with Gasteiger partial charge in [-0.3, -0.25) is 9.67 Å². The van der Waals surface area contributed by atoms with Crippen molar-refractivity contribution in [2.24, 2.45) is 0 Å². The number of thiophene rings is 1. The Morgan fingerprint density at radius 2 is 2.24 bits per heavy atom. The molecule has 0 amide bonds. The van der Waals surface area contributed by atoms with Gasteiger partial charge < -0.3 is 0 Å². The van der Waals surface area contributed by atoms with Crippen LogP contribution in [-0.2, 0) is 6.42 Å². The largest absolute Gasteiger partial charge is 0.297 e. The second kappa shape index (κ2) is 4.74. The molecule has 0 aliphatic rings. The van der Waals surface area contributed by atoms with Gasteiger partial charge in [0, 0.05) is 16.2 Å². The molecule has 0 saturated carbocycles. The van der Waals surface area contributed by atoms with E-state index in [4.69, 9.17) is 12.2 Å². The summed E-state index contributed by atoms with van der Waals surface area (Å²) in [5.41, 5.74) is 1.35. The Bertz CT molecular complexity index is 577. The molecule has 2 rings (SSSR count). The lowest BCUT2D eigenvalue weighted by molar-refractivity contribution is 0.597. The first kappa shape index (κ1) is 12.5. The minimum atomic E-state index is 0.251. The van der Waals surface area contributed by atoms with Gasteiger partial charge in [0.05, 0.1) is 6.04 Å². The quantitative estimate of drug-likeness (QED) is 0.858. The molecule has 17 heavy (non-hydrogen) atoms. The summed E-state index contributed by atoms with van der Waals surface area (Å²) in [6.07, 6.45) is 0.889. The van der Waals surface area contributed by atoms with E-state index in [9.17, 15) is 0 Å².